The average Bonchev–Trinajstić information content (AvgIpc) is 3.63. The first-order valence-electron chi connectivity index (χ1n) is 19.9. The third-order valence-electron chi connectivity index (χ3n) is 11.5. The van der Waals surface area contributed by atoms with Crippen LogP contribution >= 0.6 is 0 Å². The molecular weight excluding hydrogens is 701 g/mol. The van der Waals surface area contributed by atoms with E-state index < -0.39 is 0 Å². The maximum Gasteiger partial charge on any atom is 0.0561 e. The monoisotopic (exact) mass is 738 g/mol. The lowest BCUT2D eigenvalue weighted by Crippen LogP contribution is -2.10. The largest absolute Gasteiger partial charge is 0.310 e. The quantitative estimate of drug-likeness (QED) is 0.158. The highest BCUT2D eigenvalue weighted by Gasteiger charge is 2.18. The van der Waals surface area contributed by atoms with Crippen molar-refractivity contribution < 1.29 is 0 Å². The van der Waals surface area contributed by atoms with Crippen LogP contribution in [0.25, 0.3) is 82.4 Å². The van der Waals surface area contributed by atoms with Gasteiger partial charge in [0, 0.05) is 33.5 Å². The molecule has 272 valence electrons. The summed E-state index contributed by atoms with van der Waals surface area (Å²) in [6.45, 7) is 0. The second kappa shape index (κ2) is 14.1. The van der Waals surface area contributed by atoms with Gasteiger partial charge in [-0.05, 0) is 128 Å². The minimum atomic E-state index is 1.10. The minimum Gasteiger partial charge on any atom is -0.310 e. The standard InChI is InChI=1S/C56H38N2/c1-3-11-39(12-4-1)41-25-29-50(30-26-41)57(52-33-34-54-53-17-9-10-18-55(53)58(56(54)38-52)49-15-5-2-6-16-49)51-31-27-42(28-32-51)44-21-22-47-37-48(24-23-46(47)36-44)45-20-19-40-13-7-8-14-43(40)35-45/h1-38H. The van der Waals surface area contributed by atoms with Crippen molar-refractivity contribution in [1.82, 2.24) is 4.57 Å². The fourth-order valence-electron chi connectivity index (χ4n) is 8.61. The van der Waals surface area contributed by atoms with Gasteiger partial charge in [0.1, 0.15) is 0 Å². The van der Waals surface area contributed by atoms with Crippen LogP contribution in [0.1, 0.15) is 0 Å². The van der Waals surface area contributed by atoms with E-state index in [2.05, 4.69) is 240 Å². The summed E-state index contributed by atoms with van der Waals surface area (Å²) in [5.41, 5.74) is 14.1. The highest BCUT2D eigenvalue weighted by Crippen LogP contribution is 2.41. The molecule has 0 fully saturated rings. The van der Waals surface area contributed by atoms with Gasteiger partial charge in [0.2, 0.25) is 0 Å². The molecule has 0 N–H and O–H groups in total. The van der Waals surface area contributed by atoms with E-state index in [1.54, 1.807) is 0 Å². The first kappa shape index (κ1) is 33.6. The van der Waals surface area contributed by atoms with Crippen molar-refractivity contribution in [2.75, 3.05) is 4.90 Å². The number of benzene rings is 10. The van der Waals surface area contributed by atoms with Crippen LogP contribution in [0.3, 0.4) is 0 Å². The van der Waals surface area contributed by atoms with E-state index in [1.807, 2.05) is 0 Å². The number of rotatable bonds is 7. The molecule has 11 aromatic rings. The Morgan fingerprint density at radius 3 is 1.34 bits per heavy atom. The van der Waals surface area contributed by atoms with Crippen molar-refractivity contribution in [3.8, 4) is 39.1 Å². The Bertz CT molecular complexity index is 3250. The first-order chi connectivity index (χ1) is 28.7. The van der Waals surface area contributed by atoms with Gasteiger partial charge in [0.15, 0.2) is 0 Å². The van der Waals surface area contributed by atoms with Crippen LogP contribution in [0.2, 0.25) is 0 Å². The summed E-state index contributed by atoms with van der Waals surface area (Å²) in [6, 6.07) is 83.7. The number of anilines is 3. The van der Waals surface area contributed by atoms with Crippen LogP contribution in [-0.2, 0) is 0 Å². The van der Waals surface area contributed by atoms with E-state index >= 15 is 0 Å². The Labute approximate surface area is 338 Å². The number of fused-ring (bicyclic) bond motifs is 5. The summed E-state index contributed by atoms with van der Waals surface area (Å²) in [5.74, 6) is 0. The predicted octanol–water partition coefficient (Wildman–Crippen LogP) is 15.6. The van der Waals surface area contributed by atoms with Gasteiger partial charge in [0.25, 0.3) is 0 Å². The van der Waals surface area contributed by atoms with Crippen molar-refractivity contribution >= 4 is 60.4 Å². The zero-order chi connectivity index (χ0) is 38.4. The van der Waals surface area contributed by atoms with Gasteiger partial charge in [-0.3, -0.25) is 0 Å². The average molecular weight is 739 g/mol. The van der Waals surface area contributed by atoms with Gasteiger partial charge in [-0.15, -0.1) is 0 Å². The van der Waals surface area contributed by atoms with Gasteiger partial charge in [0.05, 0.1) is 11.0 Å². The molecule has 10 aromatic carbocycles. The van der Waals surface area contributed by atoms with E-state index in [0.717, 1.165) is 22.7 Å². The van der Waals surface area contributed by atoms with Crippen LogP contribution in [0.5, 0.6) is 0 Å². The van der Waals surface area contributed by atoms with Crippen molar-refractivity contribution in [2.24, 2.45) is 0 Å². The number of aromatic nitrogens is 1. The second-order valence-corrected chi connectivity index (χ2v) is 15.0. The Morgan fingerprint density at radius 2 is 0.690 bits per heavy atom. The Balaban J connectivity index is 0.984. The Hall–Kier alpha value is -7.68. The molecule has 11 rings (SSSR count). The van der Waals surface area contributed by atoms with Gasteiger partial charge < -0.3 is 9.47 Å². The third kappa shape index (κ3) is 6.00. The van der Waals surface area contributed by atoms with Gasteiger partial charge in [-0.1, -0.05) is 158 Å². The maximum atomic E-state index is 2.39. The molecule has 1 heterocycles. The molecular formula is C56H38N2. The van der Waals surface area contributed by atoms with Crippen molar-refractivity contribution in [3.05, 3.63) is 231 Å². The summed E-state index contributed by atoms with van der Waals surface area (Å²) in [7, 11) is 0. The third-order valence-corrected chi connectivity index (χ3v) is 11.5. The molecule has 0 atom stereocenters. The van der Waals surface area contributed by atoms with Gasteiger partial charge in [-0.2, -0.15) is 0 Å². The molecule has 0 spiro atoms. The van der Waals surface area contributed by atoms with Gasteiger partial charge >= 0.3 is 0 Å². The Kier molecular flexibility index (Phi) is 8.19. The van der Waals surface area contributed by atoms with Crippen LogP contribution < -0.4 is 4.90 Å². The van der Waals surface area contributed by atoms with Crippen LogP contribution in [-0.4, -0.2) is 4.57 Å². The molecule has 2 heteroatoms. The first-order valence-corrected chi connectivity index (χ1v) is 19.9. The molecule has 0 unspecified atom stereocenters. The lowest BCUT2D eigenvalue weighted by molar-refractivity contribution is 1.18. The maximum absolute atomic E-state index is 2.39. The number of hydrogen-bond acceptors (Lipinski definition) is 1. The summed E-state index contributed by atoms with van der Waals surface area (Å²) in [6.07, 6.45) is 0. The van der Waals surface area contributed by atoms with E-state index in [1.165, 1.54) is 76.7 Å². The molecule has 0 saturated carbocycles. The molecule has 2 nitrogen and oxygen atoms in total. The molecule has 58 heavy (non-hydrogen) atoms. The summed E-state index contributed by atoms with van der Waals surface area (Å²) in [5, 5.41) is 7.47. The normalized spacial score (nSPS) is 11.4. The molecule has 0 bridgehead atoms. The molecule has 0 amide bonds. The molecule has 0 saturated heterocycles. The van der Waals surface area contributed by atoms with Crippen LogP contribution in [0.4, 0.5) is 17.1 Å². The van der Waals surface area contributed by atoms with Crippen molar-refractivity contribution in [3.63, 3.8) is 0 Å². The van der Waals surface area contributed by atoms with E-state index in [-0.39, 0.29) is 0 Å². The molecule has 1 aromatic heterocycles. The Morgan fingerprint density at radius 1 is 0.259 bits per heavy atom. The minimum absolute atomic E-state index is 1.10. The molecule has 0 aliphatic heterocycles. The summed E-state index contributed by atoms with van der Waals surface area (Å²) in [4.78, 5) is 2.37. The number of para-hydroxylation sites is 2. The predicted molar refractivity (Wildman–Crippen MR) is 247 cm³/mol. The molecule has 0 radical (unpaired) electrons. The second-order valence-electron chi connectivity index (χ2n) is 15.0. The summed E-state index contributed by atoms with van der Waals surface area (Å²) < 4.78 is 2.39. The number of hydrogen-bond donors (Lipinski definition) is 0. The molecule has 0 aliphatic carbocycles. The smallest absolute Gasteiger partial charge is 0.0561 e. The van der Waals surface area contributed by atoms with Crippen molar-refractivity contribution in [2.45, 2.75) is 0 Å². The van der Waals surface area contributed by atoms with E-state index in [0.29, 0.717) is 0 Å². The molecule has 0 aliphatic rings. The number of nitrogens with zero attached hydrogens (tertiary/aromatic N) is 2. The van der Waals surface area contributed by atoms with E-state index in [9.17, 15) is 0 Å². The van der Waals surface area contributed by atoms with Crippen LogP contribution in [0, 0.1) is 0 Å². The zero-order valence-corrected chi connectivity index (χ0v) is 31.8. The zero-order valence-electron chi connectivity index (χ0n) is 31.8. The highest BCUT2D eigenvalue weighted by atomic mass is 15.1. The fourth-order valence-corrected chi connectivity index (χ4v) is 8.61. The summed E-state index contributed by atoms with van der Waals surface area (Å²) >= 11 is 0. The van der Waals surface area contributed by atoms with E-state index in [4.69, 9.17) is 0 Å². The topological polar surface area (TPSA) is 8.17 Å². The lowest BCUT2D eigenvalue weighted by Gasteiger charge is -2.26. The van der Waals surface area contributed by atoms with Crippen molar-refractivity contribution in [1.29, 1.82) is 0 Å². The lowest BCUT2D eigenvalue weighted by atomic mass is 9.96. The van der Waals surface area contributed by atoms with Gasteiger partial charge in [-0.25, -0.2) is 0 Å². The SMILES string of the molecule is c1ccc(-c2ccc(N(c3ccc(-c4ccc5cc(-c6ccc7ccccc7c6)ccc5c4)cc3)c3ccc4c5ccccc5n(-c5ccccc5)c4c3)cc2)cc1. The fraction of sp³-hybridized carbons (Fsp3) is 0. The van der Waals surface area contributed by atoms with Crippen LogP contribution in [0.15, 0.2) is 231 Å². The highest BCUT2D eigenvalue weighted by molar-refractivity contribution is 6.10.